The zero-order chi connectivity index (χ0) is 14.9. The van der Waals surface area contributed by atoms with Crippen LogP contribution in [0.25, 0.3) is 0 Å². The van der Waals surface area contributed by atoms with Crippen molar-refractivity contribution in [3.8, 4) is 0 Å². The number of halogens is 2. The van der Waals surface area contributed by atoms with Gasteiger partial charge in [0, 0.05) is 23.1 Å². The lowest BCUT2D eigenvalue weighted by molar-refractivity contribution is -0.124. The lowest BCUT2D eigenvalue weighted by atomic mass is 10.0. The second-order valence-electron chi connectivity index (χ2n) is 5.64. The van der Waals surface area contributed by atoms with Gasteiger partial charge in [-0.1, -0.05) is 29.3 Å². The smallest absolute Gasteiger partial charge is 0.234 e. The normalized spacial score (nSPS) is 21.0. The Bertz CT molecular complexity index is 540. The Hall–Kier alpha value is -0.810. The van der Waals surface area contributed by atoms with E-state index in [1.54, 1.807) is 6.07 Å². The SMILES string of the molecule is O=C(CN1CCOCC1)NC1(c2ccc(Cl)cc2Cl)CC1. The molecule has 1 aromatic carbocycles. The highest BCUT2D eigenvalue weighted by atomic mass is 35.5. The van der Waals surface area contributed by atoms with E-state index in [1.165, 1.54) is 0 Å². The largest absolute Gasteiger partial charge is 0.379 e. The quantitative estimate of drug-likeness (QED) is 0.922. The summed E-state index contributed by atoms with van der Waals surface area (Å²) in [5.41, 5.74) is 0.661. The third-order valence-electron chi connectivity index (χ3n) is 4.05. The van der Waals surface area contributed by atoms with Crippen LogP contribution in [0.1, 0.15) is 18.4 Å². The number of hydrogen-bond donors (Lipinski definition) is 1. The van der Waals surface area contributed by atoms with Crippen molar-refractivity contribution in [2.24, 2.45) is 0 Å². The number of benzene rings is 1. The molecular formula is C15H18Cl2N2O2. The molecule has 1 saturated heterocycles. The molecule has 2 fully saturated rings. The van der Waals surface area contributed by atoms with Crippen molar-refractivity contribution >= 4 is 29.1 Å². The van der Waals surface area contributed by atoms with Gasteiger partial charge in [0.15, 0.2) is 0 Å². The molecule has 1 aliphatic heterocycles. The molecule has 21 heavy (non-hydrogen) atoms. The molecule has 0 unspecified atom stereocenters. The van der Waals surface area contributed by atoms with E-state index in [0.29, 0.717) is 29.8 Å². The number of amides is 1. The molecule has 0 bridgehead atoms. The zero-order valence-corrected chi connectivity index (χ0v) is 13.2. The molecule has 1 saturated carbocycles. The third kappa shape index (κ3) is 3.51. The maximum Gasteiger partial charge on any atom is 0.234 e. The van der Waals surface area contributed by atoms with Gasteiger partial charge in [-0.25, -0.2) is 0 Å². The van der Waals surface area contributed by atoms with Crippen LogP contribution in [0.3, 0.4) is 0 Å². The number of nitrogens with zero attached hydrogens (tertiary/aromatic N) is 1. The van der Waals surface area contributed by atoms with Gasteiger partial charge in [0.2, 0.25) is 5.91 Å². The molecule has 4 nitrogen and oxygen atoms in total. The summed E-state index contributed by atoms with van der Waals surface area (Å²) in [6.07, 6.45) is 1.84. The van der Waals surface area contributed by atoms with Crippen molar-refractivity contribution in [3.05, 3.63) is 33.8 Å². The minimum atomic E-state index is -0.301. The van der Waals surface area contributed by atoms with Gasteiger partial charge in [0.05, 0.1) is 25.3 Å². The predicted octanol–water partition coefficient (Wildman–Crippen LogP) is 2.43. The Morgan fingerprint density at radius 1 is 1.29 bits per heavy atom. The van der Waals surface area contributed by atoms with Crippen LogP contribution in [0, 0.1) is 0 Å². The molecular weight excluding hydrogens is 311 g/mol. The Kier molecular flexibility index (Phi) is 4.41. The zero-order valence-electron chi connectivity index (χ0n) is 11.7. The number of hydrogen-bond acceptors (Lipinski definition) is 3. The minimum absolute atomic E-state index is 0.0421. The van der Waals surface area contributed by atoms with Gasteiger partial charge in [0.25, 0.3) is 0 Å². The fraction of sp³-hybridized carbons (Fsp3) is 0.533. The second-order valence-corrected chi connectivity index (χ2v) is 6.49. The molecule has 1 amide bonds. The van der Waals surface area contributed by atoms with Crippen LogP contribution in [-0.2, 0) is 15.1 Å². The molecule has 0 radical (unpaired) electrons. The lowest BCUT2D eigenvalue weighted by Gasteiger charge is -2.27. The summed E-state index contributed by atoms with van der Waals surface area (Å²) in [4.78, 5) is 14.4. The molecule has 6 heteroatoms. The van der Waals surface area contributed by atoms with Gasteiger partial charge in [-0.15, -0.1) is 0 Å². The van der Waals surface area contributed by atoms with E-state index >= 15 is 0 Å². The van der Waals surface area contributed by atoms with Gasteiger partial charge in [0.1, 0.15) is 0 Å². The molecule has 1 heterocycles. The highest BCUT2D eigenvalue weighted by Crippen LogP contribution is 2.48. The van der Waals surface area contributed by atoms with Gasteiger partial charge in [-0.2, -0.15) is 0 Å². The molecule has 0 atom stereocenters. The van der Waals surface area contributed by atoms with Crippen LogP contribution in [0.2, 0.25) is 10.0 Å². The average molecular weight is 329 g/mol. The van der Waals surface area contributed by atoms with Gasteiger partial charge < -0.3 is 10.1 Å². The Balaban J connectivity index is 1.64. The van der Waals surface area contributed by atoms with Gasteiger partial charge in [-0.3, -0.25) is 9.69 Å². The Morgan fingerprint density at radius 3 is 2.62 bits per heavy atom. The molecule has 2 aliphatic rings. The average Bonchev–Trinajstić information content (AvgIpc) is 3.20. The van der Waals surface area contributed by atoms with Crippen molar-refractivity contribution in [3.63, 3.8) is 0 Å². The number of ether oxygens (including phenoxy) is 1. The van der Waals surface area contributed by atoms with Crippen molar-refractivity contribution in [1.82, 2.24) is 10.2 Å². The summed E-state index contributed by atoms with van der Waals surface area (Å²) in [7, 11) is 0. The number of carbonyl (C=O) groups excluding carboxylic acids is 1. The van der Waals surface area contributed by atoms with E-state index in [0.717, 1.165) is 31.5 Å². The van der Waals surface area contributed by atoms with Crippen LogP contribution in [-0.4, -0.2) is 43.7 Å². The Morgan fingerprint density at radius 2 is 2.00 bits per heavy atom. The van der Waals surface area contributed by atoms with E-state index in [9.17, 15) is 4.79 Å². The molecule has 1 aliphatic carbocycles. The molecule has 114 valence electrons. The number of rotatable bonds is 4. The van der Waals surface area contributed by atoms with Gasteiger partial charge in [-0.05, 0) is 30.5 Å². The molecule has 0 aromatic heterocycles. The number of nitrogens with one attached hydrogen (secondary N) is 1. The van der Waals surface area contributed by atoms with E-state index in [4.69, 9.17) is 27.9 Å². The van der Waals surface area contributed by atoms with Crippen molar-refractivity contribution < 1.29 is 9.53 Å². The summed E-state index contributed by atoms with van der Waals surface area (Å²) in [6.45, 7) is 3.42. The van der Waals surface area contributed by atoms with Crippen LogP contribution < -0.4 is 5.32 Å². The first-order chi connectivity index (χ1) is 10.1. The molecule has 1 N–H and O–H groups in total. The highest BCUT2D eigenvalue weighted by Gasteiger charge is 2.47. The molecule has 3 rings (SSSR count). The summed E-state index contributed by atoms with van der Waals surface area (Å²) < 4.78 is 5.29. The van der Waals surface area contributed by atoms with Crippen molar-refractivity contribution in [1.29, 1.82) is 0 Å². The first-order valence-corrected chi connectivity index (χ1v) is 7.91. The van der Waals surface area contributed by atoms with Crippen LogP contribution >= 0.6 is 23.2 Å². The summed E-state index contributed by atoms with van der Waals surface area (Å²) >= 11 is 12.2. The number of morpholine rings is 1. The first kappa shape index (κ1) is 15.1. The standard InChI is InChI=1S/C15H18Cl2N2O2/c16-11-1-2-12(13(17)9-11)15(3-4-15)18-14(20)10-19-5-7-21-8-6-19/h1-2,9H,3-8,10H2,(H,18,20). The molecule has 1 aromatic rings. The van der Waals surface area contributed by atoms with Crippen molar-refractivity contribution in [2.45, 2.75) is 18.4 Å². The fourth-order valence-electron chi connectivity index (χ4n) is 2.73. The topological polar surface area (TPSA) is 41.6 Å². The third-order valence-corrected chi connectivity index (χ3v) is 4.59. The van der Waals surface area contributed by atoms with E-state index in [-0.39, 0.29) is 11.4 Å². The summed E-state index contributed by atoms with van der Waals surface area (Å²) in [5, 5.41) is 4.37. The highest BCUT2D eigenvalue weighted by molar-refractivity contribution is 6.35. The van der Waals surface area contributed by atoms with E-state index in [2.05, 4.69) is 10.2 Å². The van der Waals surface area contributed by atoms with Gasteiger partial charge >= 0.3 is 0 Å². The van der Waals surface area contributed by atoms with E-state index < -0.39 is 0 Å². The monoisotopic (exact) mass is 328 g/mol. The summed E-state index contributed by atoms with van der Waals surface area (Å²) in [6, 6.07) is 5.45. The second kappa shape index (κ2) is 6.13. The van der Waals surface area contributed by atoms with E-state index in [1.807, 2.05) is 12.1 Å². The lowest BCUT2D eigenvalue weighted by Crippen LogP contribution is -2.45. The minimum Gasteiger partial charge on any atom is -0.379 e. The fourth-order valence-corrected chi connectivity index (χ4v) is 3.32. The first-order valence-electron chi connectivity index (χ1n) is 7.16. The number of carbonyl (C=O) groups is 1. The van der Waals surface area contributed by atoms with Crippen LogP contribution in [0.4, 0.5) is 0 Å². The van der Waals surface area contributed by atoms with Crippen molar-refractivity contribution in [2.75, 3.05) is 32.8 Å². The van der Waals surface area contributed by atoms with Crippen LogP contribution in [0.5, 0.6) is 0 Å². The summed E-state index contributed by atoms with van der Waals surface area (Å²) in [5.74, 6) is 0.0421. The predicted molar refractivity (Wildman–Crippen MR) is 82.8 cm³/mol. The van der Waals surface area contributed by atoms with Crippen LogP contribution in [0.15, 0.2) is 18.2 Å². The molecule has 0 spiro atoms. The Labute approximate surface area is 134 Å². The maximum atomic E-state index is 12.3. The maximum absolute atomic E-state index is 12.3.